The summed E-state index contributed by atoms with van der Waals surface area (Å²) < 4.78 is 18.7. The van der Waals surface area contributed by atoms with E-state index in [0.29, 0.717) is 30.9 Å². The number of benzene rings is 3. The quantitative estimate of drug-likeness (QED) is 0.475. The molecule has 4 aromatic rings. The van der Waals surface area contributed by atoms with E-state index in [9.17, 15) is 9.18 Å². The smallest absolute Gasteiger partial charge is 0.224 e. The molecule has 0 spiro atoms. The molecule has 0 aliphatic carbocycles. The van der Waals surface area contributed by atoms with Gasteiger partial charge in [0.15, 0.2) is 0 Å². The van der Waals surface area contributed by atoms with Gasteiger partial charge in [-0.3, -0.25) is 4.79 Å². The van der Waals surface area contributed by atoms with E-state index >= 15 is 0 Å². The van der Waals surface area contributed by atoms with Crippen LogP contribution in [-0.4, -0.2) is 15.9 Å². The van der Waals surface area contributed by atoms with Crippen LogP contribution in [-0.2, 0) is 17.8 Å². The normalized spacial score (nSPS) is 10.8. The highest BCUT2D eigenvalue weighted by Crippen LogP contribution is 2.19. The zero-order valence-electron chi connectivity index (χ0n) is 15.7. The molecule has 1 aromatic heterocycles. The van der Waals surface area contributed by atoms with E-state index in [0.717, 1.165) is 22.4 Å². The third kappa shape index (κ3) is 4.99. The van der Waals surface area contributed by atoms with Crippen LogP contribution in [0.5, 0.6) is 5.75 Å². The number of para-hydroxylation sites is 2. The first-order valence-electron chi connectivity index (χ1n) is 9.36. The monoisotopic (exact) mass is 389 g/mol. The third-order valence-electron chi connectivity index (χ3n) is 4.46. The van der Waals surface area contributed by atoms with Crippen LogP contribution in [0, 0.1) is 5.82 Å². The fraction of sp³-hybridized carbons (Fsp3) is 0.130. The van der Waals surface area contributed by atoms with Gasteiger partial charge < -0.3 is 15.0 Å². The van der Waals surface area contributed by atoms with Gasteiger partial charge in [0.2, 0.25) is 5.91 Å². The molecule has 5 nitrogen and oxygen atoms in total. The van der Waals surface area contributed by atoms with E-state index in [1.165, 1.54) is 12.1 Å². The van der Waals surface area contributed by atoms with Crippen LogP contribution in [0.1, 0.15) is 17.8 Å². The summed E-state index contributed by atoms with van der Waals surface area (Å²) >= 11 is 0. The molecule has 1 heterocycles. The summed E-state index contributed by atoms with van der Waals surface area (Å²) in [6.45, 7) is 0.323. The maximum Gasteiger partial charge on any atom is 0.224 e. The number of aryl methyl sites for hydroxylation is 1. The number of amides is 1. The first-order valence-corrected chi connectivity index (χ1v) is 9.36. The molecule has 29 heavy (non-hydrogen) atoms. The van der Waals surface area contributed by atoms with Gasteiger partial charge in [0.25, 0.3) is 0 Å². The van der Waals surface area contributed by atoms with Crippen LogP contribution in [0.15, 0.2) is 72.8 Å². The lowest BCUT2D eigenvalue weighted by Crippen LogP contribution is -2.12. The topological polar surface area (TPSA) is 67.0 Å². The number of carbonyl (C=O) groups is 1. The third-order valence-corrected chi connectivity index (χ3v) is 4.46. The molecule has 0 fully saturated rings. The molecule has 6 heteroatoms. The Hall–Kier alpha value is -3.67. The predicted molar refractivity (Wildman–Crippen MR) is 110 cm³/mol. The Morgan fingerprint density at radius 3 is 2.69 bits per heavy atom. The molecule has 3 aromatic carbocycles. The molecule has 0 saturated heterocycles. The molecule has 0 aliphatic rings. The van der Waals surface area contributed by atoms with E-state index in [-0.39, 0.29) is 11.7 Å². The second-order valence-corrected chi connectivity index (χ2v) is 6.69. The largest absolute Gasteiger partial charge is 0.489 e. The van der Waals surface area contributed by atoms with Crippen LogP contribution in [0.2, 0.25) is 0 Å². The summed E-state index contributed by atoms with van der Waals surface area (Å²) in [6, 6.07) is 21.1. The van der Waals surface area contributed by atoms with Crippen LogP contribution < -0.4 is 10.1 Å². The lowest BCUT2D eigenvalue weighted by Gasteiger charge is -2.09. The molecule has 146 valence electrons. The molecule has 1 amide bonds. The zero-order valence-corrected chi connectivity index (χ0v) is 15.7. The van der Waals surface area contributed by atoms with Gasteiger partial charge in [-0.15, -0.1) is 0 Å². The van der Waals surface area contributed by atoms with Gasteiger partial charge in [-0.05, 0) is 42.0 Å². The Balaban J connectivity index is 1.30. The van der Waals surface area contributed by atoms with Gasteiger partial charge in [0, 0.05) is 24.6 Å². The molecule has 0 unspecified atom stereocenters. The summed E-state index contributed by atoms with van der Waals surface area (Å²) in [5.41, 5.74) is 3.39. The minimum absolute atomic E-state index is 0.0962. The van der Waals surface area contributed by atoms with Crippen LogP contribution in [0.25, 0.3) is 11.0 Å². The van der Waals surface area contributed by atoms with Crippen molar-refractivity contribution in [3.8, 4) is 5.75 Å². The Bertz CT molecular complexity index is 1090. The Kier molecular flexibility index (Phi) is 5.52. The van der Waals surface area contributed by atoms with Crippen molar-refractivity contribution in [3.63, 3.8) is 0 Å². The first kappa shape index (κ1) is 18.7. The maximum absolute atomic E-state index is 13.0. The fourth-order valence-corrected chi connectivity index (χ4v) is 2.99. The summed E-state index contributed by atoms with van der Waals surface area (Å²) in [5, 5.41) is 2.88. The van der Waals surface area contributed by atoms with Crippen molar-refractivity contribution in [2.24, 2.45) is 0 Å². The SMILES string of the molecule is O=C(CCc1nc2ccccc2[nH]1)Nc1cccc(OCc2ccc(F)cc2)c1. The van der Waals surface area contributed by atoms with Gasteiger partial charge in [-0.25, -0.2) is 9.37 Å². The van der Waals surface area contributed by atoms with Crippen molar-refractivity contribution in [1.82, 2.24) is 9.97 Å². The van der Waals surface area contributed by atoms with E-state index in [4.69, 9.17) is 4.74 Å². The zero-order chi connectivity index (χ0) is 20.1. The van der Waals surface area contributed by atoms with E-state index in [1.54, 1.807) is 18.2 Å². The average molecular weight is 389 g/mol. The number of anilines is 1. The van der Waals surface area contributed by atoms with E-state index in [1.807, 2.05) is 42.5 Å². The van der Waals surface area contributed by atoms with Gasteiger partial charge in [0.1, 0.15) is 24.0 Å². The Labute approximate surface area is 167 Å². The first-order chi connectivity index (χ1) is 14.2. The minimum Gasteiger partial charge on any atom is -0.489 e. The number of aromatic amines is 1. The Morgan fingerprint density at radius 2 is 1.86 bits per heavy atom. The van der Waals surface area contributed by atoms with Crippen LogP contribution >= 0.6 is 0 Å². The summed E-state index contributed by atoms with van der Waals surface area (Å²) in [6.07, 6.45) is 0.849. The number of ether oxygens (including phenoxy) is 1. The number of hydrogen-bond acceptors (Lipinski definition) is 3. The molecule has 2 N–H and O–H groups in total. The Morgan fingerprint density at radius 1 is 1.03 bits per heavy atom. The highest BCUT2D eigenvalue weighted by Gasteiger charge is 2.07. The number of nitrogens with zero attached hydrogens (tertiary/aromatic N) is 1. The lowest BCUT2D eigenvalue weighted by molar-refractivity contribution is -0.116. The van der Waals surface area contributed by atoms with Crippen LogP contribution in [0.3, 0.4) is 0 Å². The van der Waals surface area contributed by atoms with Gasteiger partial charge in [0.05, 0.1) is 11.0 Å². The highest BCUT2D eigenvalue weighted by atomic mass is 19.1. The second kappa shape index (κ2) is 8.56. The van der Waals surface area contributed by atoms with Crippen molar-refractivity contribution >= 4 is 22.6 Å². The summed E-state index contributed by atoms with van der Waals surface area (Å²) in [7, 11) is 0. The number of fused-ring (bicyclic) bond motifs is 1. The number of imidazole rings is 1. The van der Waals surface area contributed by atoms with Crippen LogP contribution in [0.4, 0.5) is 10.1 Å². The van der Waals surface area contributed by atoms with E-state index < -0.39 is 0 Å². The standard InChI is InChI=1S/C23H20FN3O2/c24-17-10-8-16(9-11-17)15-29-19-5-3-4-18(14-19)25-23(28)13-12-22-26-20-6-1-2-7-21(20)27-22/h1-11,14H,12-13,15H2,(H,25,28)(H,26,27). The lowest BCUT2D eigenvalue weighted by atomic mass is 10.2. The molecule has 4 rings (SSSR count). The molecular weight excluding hydrogens is 369 g/mol. The van der Waals surface area contributed by atoms with Crippen molar-refractivity contribution < 1.29 is 13.9 Å². The number of nitrogens with one attached hydrogen (secondary N) is 2. The highest BCUT2D eigenvalue weighted by molar-refractivity contribution is 5.91. The predicted octanol–water partition coefficient (Wildman–Crippen LogP) is 4.85. The van der Waals surface area contributed by atoms with E-state index in [2.05, 4.69) is 15.3 Å². The molecule has 0 bridgehead atoms. The number of aromatic nitrogens is 2. The van der Waals surface area contributed by atoms with Crippen molar-refractivity contribution in [2.75, 3.05) is 5.32 Å². The van der Waals surface area contributed by atoms with Crippen molar-refractivity contribution in [3.05, 3.63) is 90.0 Å². The molecule has 0 saturated carbocycles. The average Bonchev–Trinajstić information content (AvgIpc) is 3.15. The van der Waals surface area contributed by atoms with Crippen molar-refractivity contribution in [1.29, 1.82) is 0 Å². The number of H-pyrrole nitrogens is 1. The summed E-state index contributed by atoms with van der Waals surface area (Å²) in [4.78, 5) is 20.0. The summed E-state index contributed by atoms with van der Waals surface area (Å²) in [5.74, 6) is 1.05. The molecule has 0 atom stereocenters. The second-order valence-electron chi connectivity index (χ2n) is 6.69. The number of rotatable bonds is 7. The maximum atomic E-state index is 13.0. The van der Waals surface area contributed by atoms with Gasteiger partial charge in [-0.2, -0.15) is 0 Å². The molecular formula is C23H20FN3O2. The fourth-order valence-electron chi connectivity index (χ4n) is 2.99. The minimum atomic E-state index is -0.277. The number of carbonyl (C=O) groups excluding carboxylic acids is 1. The number of hydrogen-bond donors (Lipinski definition) is 2. The van der Waals surface area contributed by atoms with Gasteiger partial charge >= 0.3 is 0 Å². The van der Waals surface area contributed by atoms with Gasteiger partial charge in [-0.1, -0.05) is 30.3 Å². The molecule has 0 aliphatic heterocycles. The molecule has 0 radical (unpaired) electrons. The van der Waals surface area contributed by atoms with Crippen molar-refractivity contribution in [2.45, 2.75) is 19.4 Å². The number of halogens is 1.